The van der Waals surface area contributed by atoms with Gasteiger partial charge in [0.05, 0.1) is 0 Å². The smallest absolute Gasteiger partial charge is 0.198 e. The van der Waals surface area contributed by atoms with Crippen LogP contribution in [-0.4, -0.2) is 28.5 Å². The Balaban J connectivity index is 2.52. The van der Waals surface area contributed by atoms with Crippen LogP contribution in [0.4, 0.5) is 5.82 Å². The Morgan fingerprint density at radius 1 is 1.43 bits per heavy atom. The highest BCUT2D eigenvalue weighted by Gasteiger charge is 2.13. The molecule has 2 heterocycles. The fourth-order valence-corrected chi connectivity index (χ4v) is 2.80. The van der Waals surface area contributed by atoms with Gasteiger partial charge in [0.15, 0.2) is 4.77 Å². The number of nitrogens with one attached hydrogen (secondary N) is 2. The normalized spacial score (nSPS) is 15.8. The van der Waals surface area contributed by atoms with Gasteiger partial charge in [0.2, 0.25) is 0 Å². The highest BCUT2D eigenvalue weighted by Crippen LogP contribution is 2.23. The lowest BCUT2D eigenvalue weighted by Gasteiger charge is -2.09. The highest BCUT2D eigenvalue weighted by molar-refractivity contribution is 7.99. The van der Waals surface area contributed by atoms with Crippen molar-refractivity contribution in [1.29, 1.82) is 0 Å². The Bertz CT molecular complexity index is 386. The van der Waals surface area contributed by atoms with Crippen molar-refractivity contribution in [2.75, 3.05) is 23.9 Å². The molecule has 0 saturated heterocycles. The lowest BCUT2D eigenvalue weighted by Crippen LogP contribution is -2.06. The minimum Gasteiger partial charge on any atom is -0.373 e. The molecule has 14 heavy (non-hydrogen) atoms. The molecule has 0 amide bonds. The van der Waals surface area contributed by atoms with Crippen molar-refractivity contribution in [3.05, 3.63) is 16.0 Å². The monoisotopic (exact) mass is 227 g/mol. The minimum absolute atomic E-state index is 0.583. The summed E-state index contributed by atoms with van der Waals surface area (Å²) in [6.07, 6.45) is 2.15. The van der Waals surface area contributed by atoms with Crippen LogP contribution in [0, 0.1) is 4.77 Å². The minimum atomic E-state index is 0.583. The number of aromatic amines is 1. The Labute approximate surface area is 92.7 Å². The van der Waals surface area contributed by atoms with Crippen molar-refractivity contribution in [2.45, 2.75) is 12.8 Å². The zero-order valence-electron chi connectivity index (χ0n) is 8.09. The molecule has 0 aromatic carbocycles. The van der Waals surface area contributed by atoms with Crippen molar-refractivity contribution in [3.63, 3.8) is 0 Å². The van der Waals surface area contributed by atoms with E-state index >= 15 is 0 Å². The zero-order chi connectivity index (χ0) is 9.97. The summed E-state index contributed by atoms with van der Waals surface area (Å²) in [7, 11) is 1.90. The molecule has 0 unspecified atom stereocenters. The third kappa shape index (κ3) is 1.93. The number of thioether (sulfide) groups is 1. The Morgan fingerprint density at radius 2 is 2.21 bits per heavy atom. The summed E-state index contributed by atoms with van der Waals surface area (Å²) in [6.45, 7) is 0. The summed E-state index contributed by atoms with van der Waals surface area (Å²) < 4.78 is 0.583. The van der Waals surface area contributed by atoms with Crippen LogP contribution in [-0.2, 0) is 12.8 Å². The Hall–Kier alpha value is -0.550. The molecule has 76 valence electrons. The van der Waals surface area contributed by atoms with Crippen molar-refractivity contribution < 1.29 is 0 Å². The molecule has 1 aromatic heterocycles. The Kier molecular flexibility index (Phi) is 3.08. The third-order valence-electron chi connectivity index (χ3n) is 2.35. The van der Waals surface area contributed by atoms with Gasteiger partial charge in [-0.2, -0.15) is 11.8 Å². The molecule has 0 bridgehead atoms. The molecule has 3 nitrogen and oxygen atoms in total. The summed E-state index contributed by atoms with van der Waals surface area (Å²) in [5.41, 5.74) is 2.57. The van der Waals surface area contributed by atoms with Gasteiger partial charge in [0.25, 0.3) is 0 Å². The molecule has 0 atom stereocenters. The number of fused-ring (bicyclic) bond motifs is 1. The molecule has 0 saturated carbocycles. The predicted octanol–water partition coefficient (Wildman–Crippen LogP) is 2.01. The van der Waals surface area contributed by atoms with E-state index in [2.05, 4.69) is 15.3 Å². The van der Waals surface area contributed by atoms with E-state index < -0.39 is 0 Å². The third-order valence-corrected chi connectivity index (χ3v) is 3.53. The van der Waals surface area contributed by atoms with E-state index in [-0.39, 0.29) is 0 Å². The second kappa shape index (κ2) is 4.31. The number of hydrogen-bond donors (Lipinski definition) is 2. The molecule has 0 fully saturated rings. The van der Waals surface area contributed by atoms with E-state index in [0.29, 0.717) is 4.77 Å². The Morgan fingerprint density at radius 3 is 3.00 bits per heavy atom. The van der Waals surface area contributed by atoms with E-state index in [9.17, 15) is 0 Å². The van der Waals surface area contributed by atoms with Crippen molar-refractivity contribution in [1.82, 2.24) is 9.97 Å². The van der Waals surface area contributed by atoms with Crippen LogP contribution in [0.1, 0.15) is 11.3 Å². The van der Waals surface area contributed by atoms with Gasteiger partial charge in [0.1, 0.15) is 5.82 Å². The predicted molar refractivity (Wildman–Crippen MR) is 63.7 cm³/mol. The molecule has 2 N–H and O–H groups in total. The molecule has 2 rings (SSSR count). The second-order valence-corrected chi connectivity index (χ2v) is 4.82. The fraction of sp³-hybridized carbons (Fsp3) is 0.556. The SMILES string of the molecule is CNc1nc(=S)[nH]c2c1CCSCC2. The van der Waals surface area contributed by atoms with E-state index in [4.69, 9.17) is 12.2 Å². The summed E-state index contributed by atoms with van der Waals surface area (Å²) in [4.78, 5) is 7.48. The number of hydrogen-bond acceptors (Lipinski definition) is 4. The number of aromatic nitrogens is 2. The lowest BCUT2D eigenvalue weighted by atomic mass is 10.1. The first-order valence-corrected chi connectivity index (χ1v) is 6.25. The molecule has 1 aliphatic heterocycles. The van der Waals surface area contributed by atoms with Gasteiger partial charge in [-0.1, -0.05) is 0 Å². The van der Waals surface area contributed by atoms with Gasteiger partial charge in [-0.15, -0.1) is 0 Å². The largest absolute Gasteiger partial charge is 0.373 e. The number of rotatable bonds is 1. The molecule has 0 spiro atoms. The summed E-state index contributed by atoms with van der Waals surface area (Å²) in [5.74, 6) is 3.30. The summed E-state index contributed by atoms with van der Waals surface area (Å²) in [5, 5.41) is 3.12. The van der Waals surface area contributed by atoms with Crippen LogP contribution in [0.2, 0.25) is 0 Å². The van der Waals surface area contributed by atoms with Crippen LogP contribution in [0.15, 0.2) is 0 Å². The lowest BCUT2D eigenvalue weighted by molar-refractivity contribution is 0.945. The molecule has 0 aliphatic carbocycles. The topological polar surface area (TPSA) is 40.7 Å². The highest BCUT2D eigenvalue weighted by atomic mass is 32.2. The van der Waals surface area contributed by atoms with Crippen molar-refractivity contribution >= 4 is 29.8 Å². The standard InChI is InChI=1S/C9H13N3S2/c1-10-8-6-2-4-14-5-3-7(6)11-9(13)12-8/h2-5H2,1H3,(H2,10,11,12,13). The zero-order valence-corrected chi connectivity index (χ0v) is 9.73. The maximum atomic E-state index is 5.08. The first kappa shape index (κ1) is 9.98. The average Bonchev–Trinajstić information content (AvgIpc) is 2.41. The first-order valence-electron chi connectivity index (χ1n) is 4.69. The molecule has 1 aromatic rings. The van der Waals surface area contributed by atoms with Crippen molar-refractivity contribution in [3.8, 4) is 0 Å². The fourth-order valence-electron chi connectivity index (χ4n) is 1.68. The van der Waals surface area contributed by atoms with Crippen LogP contribution in [0.25, 0.3) is 0 Å². The summed E-state index contributed by atoms with van der Waals surface area (Å²) >= 11 is 7.07. The van der Waals surface area contributed by atoms with E-state index in [1.807, 2.05) is 18.8 Å². The van der Waals surface area contributed by atoms with Gasteiger partial charge in [0, 0.05) is 18.3 Å². The van der Waals surface area contributed by atoms with Crippen molar-refractivity contribution in [2.24, 2.45) is 0 Å². The van der Waals surface area contributed by atoms with E-state index in [1.165, 1.54) is 22.8 Å². The van der Waals surface area contributed by atoms with Crippen LogP contribution in [0.3, 0.4) is 0 Å². The van der Waals surface area contributed by atoms with Crippen LogP contribution < -0.4 is 5.32 Å². The average molecular weight is 227 g/mol. The number of anilines is 1. The van der Waals surface area contributed by atoms with Gasteiger partial charge < -0.3 is 10.3 Å². The molecule has 5 heteroatoms. The maximum absolute atomic E-state index is 5.08. The molecule has 0 radical (unpaired) electrons. The molecular weight excluding hydrogens is 214 g/mol. The molecular formula is C9H13N3S2. The number of aryl methyl sites for hydroxylation is 1. The van der Waals surface area contributed by atoms with Gasteiger partial charge in [-0.05, 0) is 36.6 Å². The number of nitrogens with zero attached hydrogens (tertiary/aromatic N) is 1. The van der Waals surface area contributed by atoms with Gasteiger partial charge in [-0.3, -0.25) is 0 Å². The summed E-state index contributed by atoms with van der Waals surface area (Å²) in [6, 6.07) is 0. The molecule has 1 aliphatic rings. The second-order valence-electron chi connectivity index (χ2n) is 3.21. The first-order chi connectivity index (χ1) is 6.81. The van der Waals surface area contributed by atoms with Gasteiger partial charge in [-0.25, -0.2) is 4.98 Å². The van der Waals surface area contributed by atoms with E-state index in [0.717, 1.165) is 18.7 Å². The maximum Gasteiger partial charge on any atom is 0.198 e. The van der Waals surface area contributed by atoms with Crippen LogP contribution >= 0.6 is 24.0 Å². The van der Waals surface area contributed by atoms with Gasteiger partial charge >= 0.3 is 0 Å². The van der Waals surface area contributed by atoms with E-state index in [1.54, 1.807) is 0 Å². The quantitative estimate of drug-likeness (QED) is 0.720. The number of H-pyrrole nitrogens is 1. The van der Waals surface area contributed by atoms with Crippen LogP contribution in [0.5, 0.6) is 0 Å².